The van der Waals surface area contributed by atoms with Crippen molar-refractivity contribution >= 4 is 22.6 Å². The van der Waals surface area contributed by atoms with Crippen LogP contribution in [-0.2, 0) is 0 Å². The van der Waals surface area contributed by atoms with E-state index in [1.165, 1.54) is 29.5 Å². The number of unbranched alkanes of at least 4 members (excludes halogenated alkanes) is 5. The molecule has 0 spiro atoms. The Morgan fingerprint density at radius 1 is 0.727 bits per heavy atom. The lowest BCUT2D eigenvalue weighted by atomic mass is 9.88. The highest BCUT2D eigenvalue weighted by Gasteiger charge is 2.73. The van der Waals surface area contributed by atoms with Crippen LogP contribution < -0.4 is 0 Å². The van der Waals surface area contributed by atoms with Gasteiger partial charge in [-0.1, -0.05) is 75.0 Å². The SMILES string of the molecule is CCCCCCCCC(C)(I)CC(F)(C(F)(F)F)C(F)(F)F. The van der Waals surface area contributed by atoms with E-state index in [0.29, 0.717) is 6.42 Å². The Bertz CT molecular complexity index is 306. The summed E-state index contributed by atoms with van der Waals surface area (Å²) in [5, 5.41) is 0. The first-order valence-corrected chi connectivity index (χ1v) is 8.36. The molecule has 0 aromatic carbocycles. The zero-order chi connectivity index (χ0) is 17.7. The second-order valence-corrected chi connectivity index (χ2v) is 8.51. The molecule has 0 rings (SSSR count). The lowest BCUT2D eigenvalue weighted by Crippen LogP contribution is -2.55. The maximum absolute atomic E-state index is 13.7. The minimum atomic E-state index is -5.96. The maximum atomic E-state index is 13.7. The molecule has 0 saturated heterocycles. The largest absolute Gasteiger partial charge is 0.431 e. The first-order valence-electron chi connectivity index (χ1n) is 7.28. The number of alkyl halides is 8. The van der Waals surface area contributed by atoms with Gasteiger partial charge in [0.1, 0.15) is 0 Å². The van der Waals surface area contributed by atoms with Gasteiger partial charge in [-0.3, -0.25) is 0 Å². The quantitative estimate of drug-likeness (QED) is 0.151. The van der Waals surface area contributed by atoms with E-state index in [1.807, 2.05) is 6.92 Å². The Labute approximate surface area is 140 Å². The molecule has 134 valence electrons. The average Bonchev–Trinajstić information content (AvgIpc) is 2.30. The van der Waals surface area contributed by atoms with Crippen LogP contribution >= 0.6 is 22.6 Å². The third kappa shape index (κ3) is 6.78. The Balaban J connectivity index is 4.64. The van der Waals surface area contributed by atoms with Gasteiger partial charge < -0.3 is 0 Å². The topological polar surface area (TPSA) is 0 Å². The third-order valence-electron chi connectivity index (χ3n) is 3.56. The molecule has 0 radical (unpaired) electrons. The van der Waals surface area contributed by atoms with E-state index in [9.17, 15) is 30.7 Å². The minimum absolute atomic E-state index is 0.123. The minimum Gasteiger partial charge on any atom is -0.224 e. The molecule has 0 saturated carbocycles. The number of hydrogen-bond donors (Lipinski definition) is 0. The van der Waals surface area contributed by atoms with Crippen LogP contribution in [0.2, 0.25) is 0 Å². The van der Waals surface area contributed by atoms with Gasteiger partial charge in [0.25, 0.3) is 5.67 Å². The van der Waals surface area contributed by atoms with Gasteiger partial charge in [-0.25, -0.2) is 4.39 Å². The summed E-state index contributed by atoms with van der Waals surface area (Å²) in [5.74, 6) is 0. The van der Waals surface area contributed by atoms with Crippen molar-refractivity contribution in [3.8, 4) is 0 Å². The lowest BCUT2D eigenvalue weighted by molar-refractivity contribution is -0.344. The van der Waals surface area contributed by atoms with E-state index in [2.05, 4.69) is 0 Å². The number of hydrogen-bond acceptors (Lipinski definition) is 0. The highest BCUT2D eigenvalue weighted by Crippen LogP contribution is 2.52. The Morgan fingerprint density at radius 2 is 1.14 bits per heavy atom. The highest BCUT2D eigenvalue weighted by molar-refractivity contribution is 14.1. The second kappa shape index (κ2) is 8.37. The Hall–Kier alpha value is 0.240. The fourth-order valence-corrected chi connectivity index (χ4v) is 3.14. The first kappa shape index (κ1) is 22.2. The van der Waals surface area contributed by atoms with E-state index >= 15 is 0 Å². The molecule has 1 atom stereocenters. The summed E-state index contributed by atoms with van der Waals surface area (Å²) in [5.41, 5.74) is -5.15. The zero-order valence-electron chi connectivity index (χ0n) is 12.7. The molecule has 0 aliphatic carbocycles. The highest BCUT2D eigenvalue weighted by atomic mass is 127. The fraction of sp³-hybridized carbons (Fsp3) is 1.00. The molecule has 1 unspecified atom stereocenters. The van der Waals surface area contributed by atoms with Gasteiger partial charge >= 0.3 is 12.4 Å². The summed E-state index contributed by atoms with van der Waals surface area (Å²) in [6.45, 7) is 3.28. The van der Waals surface area contributed by atoms with E-state index in [4.69, 9.17) is 0 Å². The van der Waals surface area contributed by atoms with Crippen LogP contribution in [0, 0.1) is 0 Å². The normalized spacial score (nSPS) is 16.6. The molecule has 8 heteroatoms. The molecule has 0 fully saturated rings. The van der Waals surface area contributed by atoms with Gasteiger partial charge in [0.2, 0.25) is 0 Å². The molecule has 0 aromatic heterocycles. The van der Waals surface area contributed by atoms with Crippen LogP contribution in [0.4, 0.5) is 30.7 Å². The monoisotopic (exact) mass is 450 g/mol. The molecule has 0 aliphatic heterocycles. The van der Waals surface area contributed by atoms with Crippen molar-refractivity contribution in [1.29, 1.82) is 0 Å². The molecule has 0 aromatic rings. The molecule has 0 nitrogen and oxygen atoms in total. The summed E-state index contributed by atoms with van der Waals surface area (Å²) in [4.78, 5) is 0. The smallest absolute Gasteiger partial charge is 0.224 e. The van der Waals surface area contributed by atoms with Crippen molar-refractivity contribution < 1.29 is 30.7 Å². The van der Waals surface area contributed by atoms with Crippen molar-refractivity contribution in [1.82, 2.24) is 0 Å². The van der Waals surface area contributed by atoms with Crippen LogP contribution in [0.5, 0.6) is 0 Å². The molecule has 0 N–H and O–H groups in total. The van der Waals surface area contributed by atoms with E-state index in [-0.39, 0.29) is 6.42 Å². The van der Waals surface area contributed by atoms with Gasteiger partial charge in [-0.15, -0.1) is 0 Å². The van der Waals surface area contributed by atoms with E-state index in [0.717, 1.165) is 32.1 Å². The van der Waals surface area contributed by atoms with Gasteiger partial charge in [-0.05, 0) is 6.42 Å². The summed E-state index contributed by atoms with van der Waals surface area (Å²) in [7, 11) is 0. The number of rotatable bonds is 9. The molecule has 22 heavy (non-hydrogen) atoms. The summed E-state index contributed by atoms with van der Waals surface area (Å²) in [6, 6.07) is 0. The maximum Gasteiger partial charge on any atom is 0.431 e. The summed E-state index contributed by atoms with van der Waals surface area (Å²) < 4.78 is 87.7. The molecular weight excluding hydrogens is 428 g/mol. The number of halogens is 8. The lowest BCUT2D eigenvalue weighted by Gasteiger charge is -2.35. The third-order valence-corrected chi connectivity index (χ3v) is 4.48. The second-order valence-electron chi connectivity index (χ2n) is 5.90. The Kier molecular flexibility index (Phi) is 8.46. The predicted octanol–water partition coefficient (Wildman–Crippen LogP) is 7.15. The standard InChI is InChI=1S/C14H22F7I/c1-3-4-5-6-7-8-9-11(2,22)10-12(15,13(16,17)18)14(19,20)21/h3-10H2,1-2H3. The predicted molar refractivity (Wildman–Crippen MR) is 81.0 cm³/mol. The summed E-state index contributed by atoms with van der Waals surface area (Å²) in [6.07, 6.45) is -8.20. The van der Waals surface area contributed by atoms with Crippen LogP contribution in [0.15, 0.2) is 0 Å². The zero-order valence-corrected chi connectivity index (χ0v) is 14.8. The average molecular weight is 450 g/mol. The van der Waals surface area contributed by atoms with Crippen LogP contribution in [-0.4, -0.2) is 21.4 Å². The Morgan fingerprint density at radius 3 is 1.55 bits per heavy atom. The molecule has 0 amide bonds. The molecule has 0 heterocycles. The van der Waals surface area contributed by atoms with Crippen molar-refractivity contribution in [2.24, 2.45) is 0 Å². The molecule has 0 bridgehead atoms. The molecule has 0 aliphatic rings. The van der Waals surface area contributed by atoms with Crippen molar-refractivity contribution in [2.45, 2.75) is 86.7 Å². The van der Waals surface area contributed by atoms with Gasteiger partial charge in [0, 0.05) is 9.84 Å². The van der Waals surface area contributed by atoms with Crippen LogP contribution in [0.25, 0.3) is 0 Å². The van der Waals surface area contributed by atoms with Crippen LogP contribution in [0.3, 0.4) is 0 Å². The first-order chi connectivity index (χ1) is 9.77. The van der Waals surface area contributed by atoms with Crippen molar-refractivity contribution in [3.05, 3.63) is 0 Å². The van der Waals surface area contributed by atoms with Crippen molar-refractivity contribution in [2.75, 3.05) is 0 Å². The van der Waals surface area contributed by atoms with E-state index in [1.54, 1.807) is 0 Å². The van der Waals surface area contributed by atoms with Crippen molar-refractivity contribution in [3.63, 3.8) is 0 Å². The van der Waals surface area contributed by atoms with Crippen LogP contribution in [0.1, 0.15) is 65.2 Å². The van der Waals surface area contributed by atoms with Gasteiger partial charge in [-0.2, -0.15) is 26.3 Å². The molecular formula is C14H22F7I. The summed E-state index contributed by atoms with van der Waals surface area (Å²) >= 11 is 1.51. The van der Waals surface area contributed by atoms with E-state index < -0.39 is 27.9 Å². The fourth-order valence-electron chi connectivity index (χ4n) is 2.23. The van der Waals surface area contributed by atoms with Gasteiger partial charge in [0.15, 0.2) is 0 Å². The van der Waals surface area contributed by atoms with Gasteiger partial charge in [0.05, 0.1) is 0 Å².